The Bertz CT molecular complexity index is 656. The Labute approximate surface area is 185 Å². The molecule has 5 heteroatoms. The van der Waals surface area contributed by atoms with Gasteiger partial charge in [0.2, 0.25) is 0 Å². The molecule has 0 spiro atoms. The van der Waals surface area contributed by atoms with E-state index in [1.54, 1.807) is 0 Å². The van der Waals surface area contributed by atoms with Gasteiger partial charge in [0.1, 0.15) is 23.5 Å². The minimum atomic E-state index is 0.244. The van der Waals surface area contributed by atoms with Gasteiger partial charge in [0.25, 0.3) is 0 Å². The summed E-state index contributed by atoms with van der Waals surface area (Å²) in [7, 11) is 0. The molecule has 2 saturated carbocycles. The minimum Gasteiger partial charge on any atom is -0.494 e. The first-order valence-corrected chi connectivity index (χ1v) is 12.7. The average molecular weight is 433 g/mol. The highest BCUT2D eigenvalue weighted by molar-refractivity contribution is 7.93. The minimum absolute atomic E-state index is 0.244. The molecule has 166 valence electrons. The third-order valence-electron chi connectivity index (χ3n) is 6.20. The molecule has 0 aromatic heterocycles. The first-order chi connectivity index (χ1) is 14.8. The predicted molar refractivity (Wildman–Crippen MR) is 123 cm³/mol. The van der Waals surface area contributed by atoms with E-state index in [2.05, 4.69) is 0 Å². The first kappa shape index (κ1) is 23.2. The number of allylic oxidation sites excluding steroid dienone is 2. The number of rotatable bonds is 13. The zero-order valence-electron chi connectivity index (χ0n) is 18.3. The van der Waals surface area contributed by atoms with Crippen molar-refractivity contribution in [3.8, 4) is 11.5 Å². The van der Waals surface area contributed by atoms with Gasteiger partial charge in [-0.25, -0.2) is 0 Å². The molecule has 1 aromatic carbocycles. The predicted octanol–water partition coefficient (Wildman–Crippen LogP) is 6.74. The van der Waals surface area contributed by atoms with E-state index in [4.69, 9.17) is 13.7 Å². The Balaban J connectivity index is 1.43. The lowest BCUT2D eigenvalue weighted by atomic mass is 9.78. The van der Waals surface area contributed by atoms with Crippen molar-refractivity contribution in [1.29, 1.82) is 0 Å². The summed E-state index contributed by atoms with van der Waals surface area (Å²) in [6, 6.07) is 8.05. The van der Waals surface area contributed by atoms with Gasteiger partial charge in [0.15, 0.2) is 0 Å². The van der Waals surface area contributed by atoms with Crippen LogP contribution >= 0.6 is 12.0 Å². The average Bonchev–Trinajstić information content (AvgIpc) is 2.75. The monoisotopic (exact) mass is 432 g/mol. The molecule has 0 N–H and O–H groups in total. The SMILES string of the molecule is CSOCCCCCCOc1ccc(OC(=C2CCC2)C2CCC(C=O)CC2)cc1. The molecule has 30 heavy (non-hydrogen) atoms. The Kier molecular flexibility index (Phi) is 10.1. The van der Waals surface area contributed by atoms with Crippen molar-refractivity contribution in [2.45, 2.75) is 70.6 Å². The fourth-order valence-electron chi connectivity index (χ4n) is 4.18. The van der Waals surface area contributed by atoms with Crippen LogP contribution in [-0.2, 0) is 8.98 Å². The van der Waals surface area contributed by atoms with E-state index >= 15 is 0 Å². The molecule has 0 atom stereocenters. The van der Waals surface area contributed by atoms with Crippen LogP contribution in [0.5, 0.6) is 11.5 Å². The van der Waals surface area contributed by atoms with Gasteiger partial charge in [-0.2, -0.15) is 0 Å². The zero-order valence-corrected chi connectivity index (χ0v) is 19.1. The first-order valence-electron chi connectivity index (χ1n) is 11.5. The standard InChI is InChI=1S/C25H36O4S/c1-30-28-18-5-3-2-4-17-27-23-13-15-24(16-14-23)29-25(21-7-6-8-21)22-11-9-20(19-26)10-12-22/h13-16,19-20,22H,2-12,17-18H2,1H3. The molecule has 0 saturated heterocycles. The van der Waals surface area contributed by atoms with Crippen LogP contribution in [0.4, 0.5) is 0 Å². The lowest BCUT2D eigenvalue weighted by molar-refractivity contribution is -0.112. The molecule has 2 aliphatic carbocycles. The highest BCUT2D eigenvalue weighted by Gasteiger charge is 2.28. The van der Waals surface area contributed by atoms with Crippen LogP contribution in [0.25, 0.3) is 0 Å². The lowest BCUT2D eigenvalue weighted by Crippen LogP contribution is -2.22. The maximum absolute atomic E-state index is 11.1. The van der Waals surface area contributed by atoms with E-state index in [1.165, 1.54) is 42.6 Å². The summed E-state index contributed by atoms with van der Waals surface area (Å²) in [6.45, 7) is 1.58. The number of benzene rings is 1. The van der Waals surface area contributed by atoms with Crippen molar-refractivity contribution in [2.75, 3.05) is 19.5 Å². The third kappa shape index (κ3) is 7.35. The molecule has 1 aromatic rings. The van der Waals surface area contributed by atoms with Gasteiger partial charge >= 0.3 is 0 Å². The van der Waals surface area contributed by atoms with Crippen molar-refractivity contribution in [1.82, 2.24) is 0 Å². The second-order valence-corrected chi connectivity index (χ2v) is 8.96. The fraction of sp³-hybridized carbons (Fsp3) is 0.640. The van der Waals surface area contributed by atoms with Crippen molar-refractivity contribution in [3.05, 3.63) is 35.6 Å². The lowest BCUT2D eigenvalue weighted by Gasteiger charge is -2.31. The largest absolute Gasteiger partial charge is 0.494 e. The molecule has 0 amide bonds. The van der Waals surface area contributed by atoms with Crippen LogP contribution in [-0.4, -0.2) is 25.8 Å². The molecule has 0 aliphatic heterocycles. The van der Waals surface area contributed by atoms with Gasteiger partial charge in [-0.05, 0) is 106 Å². The molecule has 3 rings (SSSR count). The maximum Gasteiger partial charge on any atom is 0.127 e. The number of unbranched alkanes of at least 4 members (excludes halogenated alkanes) is 3. The summed E-state index contributed by atoms with van der Waals surface area (Å²) in [4.78, 5) is 11.1. The maximum atomic E-state index is 11.1. The summed E-state index contributed by atoms with van der Waals surface area (Å²) >= 11 is 1.44. The highest BCUT2D eigenvalue weighted by Crippen LogP contribution is 2.40. The molecule has 0 heterocycles. The molecule has 2 fully saturated rings. The number of carbonyl (C=O) groups excluding carboxylic acids is 1. The summed E-state index contributed by atoms with van der Waals surface area (Å²) in [5.41, 5.74) is 1.48. The van der Waals surface area contributed by atoms with Crippen molar-refractivity contribution in [2.24, 2.45) is 11.8 Å². The number of aldehydes is 1. The molecule has 0 radical (unpaired) electrons. The van der Waals surface area contributed by atoms with E-state index in [1.807, 2.05) is 30.5 Å². The van der Waals surface area contributed by atoms with Crippen LogP contribution in [0.1, 0.15) is 70.6 Å². The van der Waals surface area contributed by atoms with E-state index in [-0.39, 0.29) is 5.92 Å². The summed E-state index contributed by atoms with van der Waals surface area (Å²) in [5.74, 6) is 3.69. The molecular formula is C25H36O4S. The van der Waals surface area contributed by atoms with Crippen molar-refractivity contribution in [3.63, 3.8) is 0 Å². The topological polar surface area (TPSA) is 44.8 Å². The number of hydrogen-bond donors (Lipinski definition) is 0. The number of carbonyl (C=O) groups is 1. The Morgan fingerprint density at radius 3 is 2.23 bits per heavy atom. The van der Waals surface area contributed by atoms with Crippen molar-refractivity contribution >= 4 is 18.3 Å². The van der Waals surface area contributed by atoms with Gasteiger partial charge < -0.3 is 18.5 Å². The van der Waals surface area contributed by atoms with E-state index < -0.39 is 0 Å². The van der Waals surface area contributed by atoms with Crippen LogP contribution in [0, 0.1) is 11.8 Å². The highest BCUT2D eigenvalue weighted by atomic mass is 32.2. The van der Waals surface area contributed by atoms with Gasteiger partial charge in [0, 0.05) is 18.1 Å². The normalized spacial score (nSPS) is 21.0. The van der Waals surface area contributed by atoms with Gasteiger partial charge in [-0.15, -0.1) is 0 Å². The molecular weight excluding hydrogens is 396 g/mol. The summed E-state index contributed by atoms with van der Waals surface area (Å²) in [6.07, 6.45) is 15.3. The Morgan fingerprint density at radius 2 is 1.63 bits per heavy atom. The van der Waals surface area contributed by atoms with E-state index in [0.717, 1.165) is 82.4 Å². The van der Waals surface area contributed by atoms with Crippen LogP contribution in [0.3, 0.4) is 0 Å². The van der Waals surface area contributed by atoms with E-state index in [9.17, 15) is 4.79 Å². The molecule has 4 nitrogen and oxygen atoms in total. The molecule has 0 unspecified atom stereocenters. The number of hydrogen-bond acceptors (Lipinski definition) is 5. The van der Waals surface area contributed by atoms with Crippen LogP contribution in [0.15, 0.2) is 35.6 Å². The second kappa shape index (κ2) is 13.1. The van der Waals surface area contributed by atoms with Gasteiger partial charge in [-0.1, -0.05) is 6.42 Å². The number of ether oxygens (including phenoxy) is 2. The van der Waals surface area contributed by atoms with Crippen LogP contribution < -0.4 is 9.47 Å². The zero-order chi connectivity index (χ0) is 21.0. The van der Waals surface area contributed by atoms with E-state index in [0.29, 0.717) is 5.92 Å². The van der Waals surface area contributed by atoms with Crippen LogP contribution in [0.2, 0.25) is 0 Å². The quantitative estimate of drug-likeness (QED) is 0.149. The third-order valence-corrected chi connectivity index (χ3v) is 6.60. The fourth-order valence-corrected chi connectivity index (χ4v) is 4.47. The Hall–Kier alpha value is -1.46. The smallest absolute Gasteiger partial charge is 0.127 e. The van der Waals surface area contributed by atoms with Crippen molar-refractivity contribution < 1.29 is 18.5 Å². The summed E-state index contributed by atoms with van der Waals surface area (Å²) in [5, 5.41) is 0. The molecule has 0 bridgehead atoms. The Morgan fingerprint density at radius 1 is 0.967 bits per heavy atom. The van der Waals surface area contributed by atoms with Gasteiger partial charge in [-0.3, -0.25) is 0 Å². The second-order valence-electron chi connectivity index (χ2n) is 8.39. The van der Waals surface area contributed by atoms with Gasteiger partial charge in [0.05, 0.1) is 13.2 Å². The molecule has 2 aliphatic rings. The summed E-state index contributed by atoms with van der Waals surface area (Å²) < 4.78 is 17.6.